The first-order chi connectivity index (χ1) is 9.63. The second kappa shape index (κ2) is 6.54. The van der Waals surface area contributed by atoms with Crippen LogP contribution in [0.4, 0.5) is 11.6 Å². The molecule has 110 valence electrons. The third kappa shape index (κ3) is 3.37. The normalized spacial score (nSPS) is 16.2. The number of hydrogen-bond donors (Lipinski definition) is 1. The van der Waals surface area contributed by atoms with Crippen molar-refractivity contribution in [2.24, 2.45) is 0 Å². The minimum Gasteiger partial charge on any atom is -0.370 e. The molecule has 6 heteroatoms. The zero-order valence-electron chi connectivity index (χ0n) is 12.5. The lowest BCUT2D eigenvalue weighted by Crippen LogP contribution is -2.34. The molecule has 2 rings (SSSR count). The fraction of sp³-hybridized carbons (Fsp3) is 0.643. The highest BCUT2D eigenvalue weighted by Crippen LogP contribution is 2.18. The van der Waals surface area contributed by atoms with Crippen LogP contribution in [0.25, 0.3) is 0 Å². The third-order valence-electron chi connectivity index (χ3n) is 3.43. The van der Waals surface area contributed by atoms with E-state index in [0.717, 1.165) is 49.9 Å². The predicted molar refractivity (Wildman–Crippen MR) is 80.0 cm³/mol. The maximum atomic E-state index is 12.0. The van der Waals surface area contributed by atoms with Crippen LogP contribution in [0.15, 0.2) is 6.07 Å². The summed E-state index contributed by atoms with van der Waals surface area (Å²) in [6.07, 6.45) is 1.75. The molecule has 1 aromatic heterocycles. The number of carbonyl (C=O) groups excluding carboxylic acids is 1. The Kier molecular flexibility index (Phi) is 4.76. The topological polar surface area (TPSA) is 61.4 Å². The Morgan fingerprint density at radius 2 is 2.10 bits per heavy atom. The minimum atomic E-state index is 0.143. The summed E-state index contributed by atoms with van der Waals surface area (Å²) >= 11 is 0. The molecule has 1 fully saturated rings. The first-order valence-electron chi connectivity index (χ1n) is 7.24. The smallest absolute Gasteiger partial charge is 0.241 e. The molecule has 1 aromatic rings. The van der Waals surface area contributed by atoms with E-state index in [1.54, 1.807) is 4.90 Å². The molecular weight excluding hydrogens is 254 g/mol. The average molecular weight is 277 g/mol. The van der Waals surface area contributed by atoms with E-state index in [0.29, 0.717) is 6.54 Å². The van der Waals surface area contributed by atoms with Crippen LogP contribution in [0.3, 0.4) is 0 Å². The van der Waals surface area contributed by atoms with E-state index in [1.807, 2.05) is 31.9 Å². The van der Waals surface area contributed by atoms with Crippen molar-refractivity contribution in [2.45, 2.75) is 26.7 Å². The maximum absolute atomic E-state index is 12.0. The fourth-order valence-corrected chi connectivity index (χ4v) is 2.26. The molecule has 0 spiro atoms. The van der Waals surface area contributed by atoms with E-state index >= 15 is 0 Å². The summed E-state index contributed by atoms with van der Waals surface area (Å²) < 4.78 is 0. The van der Waals surface area contributed by atoms with Gasteiger partial charge in [0.15, 0.2) is 0 Å². The summed E-state index contributed by atoms with van der Waals surface area (Å²) in [5.74, 6) is 2.63. The summed E-state index contributed by atoms with van der Waals surface area (Å²) in [5.41, 5.74) is 0. The molecule has 0 aliphatic carbocycles. The lowest BCUT2D eigenvalue weighted by atomic mass is 10.3. The number of likely N-dealkylation sites (N-methyl/N-ethyl adjacent to an activating group) is 1. The first kappa shape index (κ1) is 14.6. The zero-order valence-corrected chi connectivity index (χ0v) is 12.5. The predicted octanol–water partition coefficient (Wildman–Crippen LogP) is 1.14. The van der Waals surface area contributed by atoms with E-state index in [1.165, 1.54) is 0 Å². The van der Waals surface area contributed by atoms with Gasteiger partial charge in [-0.15, -0.1) is 0 Å². The van der Waals surface area contributed by atoms with Crippen molar-refractivity contribution in [3.63, 3.8) is 0 Å². The molecule has 1 N–H and O–H groups in total. The van der Waals surface area contributed by atoms with Gasteiger partial charge in [-0.25, -0.2) is 9.97 Å². The number of hydrogen-bond acceptors (Lipinski definition) is 5. The summed E-state index contributed by atoms with van der Waals surface area (Å²) in [6, 6.07) is 1.93. The molecule has 0 saturated carbocycles. The van der Waals surface area contributed by atoms with Gasteiger partial charge in [0.1, 0.15) is 17.5 Å². The fourth-order valence-electron chi connectivity index (χ4n) is 2.26. The molecule has 0 aromatic carbocycles. The van der Waals surface area contributed by atoms with Gasteiger partial charge < -0.3 is 15.1 Å². The highest BCUT2D eigenvalue weighted by molar-refractivity contribution is 5.81. The van der Waals surface area contributed by atoms with Crippen LogP contribution in [0.2, 0.25) is 0 Å². The molecule has 6 nitrogen and oxygen atoms in total. The number of carbonyl (C=O) groups is 1. The van der Waals surface area contributed by atoms with Gasteiger partial charge >= 0.3 is 0 Å². The molecule has 1 amide bonds. The quantitative estimate of drug-likeness (QED) is 0.894. The Bertz CT molecular complexity index is 477. The minimum absolute atomic E-state index is 0.143. The van der Waals surface area contributed by atoms with E-state index in [-0.39, 0.29) is 5.91 Å². The summed E-state index contributed by atoms with van der Waals surface area (Å²) in [6.45, 7) is 6.94. The molecule has 1 aliphatic heterocycles. The van der Waals surface area contributed by atoms with Crippen molar-refractivity contribution in [3.05, 3.63) is 11.9 Å². The molecule has 1 saturated heterocycles. The maximum Gasteiger partial charge on any atom is 0.241 e. The second-order valence-corrected chi connectivity index (χ2v) is 5.00. The molecule has 0 atom stereocenters. The first-order valence-corrected chi connectivity index (χ1v) is 7.24. The second-order valence-electron chi connectivity index (χ2n) is 5.00. The molecule has 0 bridgehead atoms. The largest absolute Gasteiger partial charge is 0.370 e. The molecule has 2 heterocycles. The monoisotopic (exact) mass is 277 g/mol. The lowest BCUT2D eigenvalue weighted by Gasteiger charge is -2.21. The Balaban J connectivity index is 2.25. The zero-order chi connectivity index (χ0) is 14.5. The van der Waals surface area contributed by atoms with Crippen LogP contribution >= 0.6 is 0 Å². The van der Waals surface area contributed by atoms with Gasteiger partial charge in [0.2, 0.25) is 5.91 Å². The lowest BCUT2D eigenvalue weighted by molar-refractivity contribution is -0.127. The van der Waals surface area contributed by atoms with Crippen LogP contribution in [0.5, 0.6) is 0 Å². The van der Waals surface area contributed by atoms with Crippen LogP contribution in [-0.2, 0) is 11.2 Å². The SMILES string of the molecule is CCNc1cc(N2CCCN(C)C(=O)C2)nc(CC)n1. The van der Waals surface area contributed by atoms with E-state index in [9.17, 15) is 4.79 Å². The van der Waals surface area contributed by atoms with Crippen molar-refractivity contribution < 1.29 is 4.79 Å². The Morgan fingerprint density at radius 3 is 2.80 bits per heavy atom. The van der Waals surface area contributed by atoms with Crippen LogP contribution in [0.1, 0.15) is 26.1 Å². The summed E-state index contributed by atoms with van der Waals surface area (Å²) in [7, 11) is 1.85. The van der Waals surface area contributed by atoms with Gasteiger partial charge in [-0.1, -0.05) is 6.92 Å². The Hall–Kier alpha value is -1.85. The highest BCUT2D eigenvalue weighted by Gasteiger charge is 2.20. The van der Waals surface area contributed by atoms with Crippen molar-refractivity contribution in [1.29, 1.82) is 0 Å². The van der Waals surface area contributed by atoms with Crippen molar-refractivity contribution in [3.8, 4) is 0 Å². The number of nitrogens with one attached hydrogen (secondary N) is 1. The van der Waals surface area contributed by atoms with Crippen LogP contribution in [0, 0.1) is 0 Å². The van der Waals surface area contributed by atoms with Gasteiger partial charge in [0, 0.05) is 39.2 Å². The number of amides is 1. The van der Waals surface area contributed by atoms with Crippen LogP contribution in [-0.4, -0.2) is 54.0 Å². The third-order valence-corrected chi connectivity index (χ3v) is 3.43. The standard InChI is InChI=1S/C14H23N5O/c1-4-11-16-12(15-5-2)9-13(17-11)19-8-6-7-18(3)14(20)10-19/h9H,4-8,10H2,1-3H3,(H,15,16,17). The summed E-state index contributed by atoms with van der Waals surface area (Å²) in [5, 5.41) is 3.22. The van der Waals surface area contributed by atoms with Gasteiger partial charge in [0.05, 0.1) is 6.54 Å². The number of nitrogens with zero attached hydrogens (tertiary/aromatic N) is 4. The van der Waals surface area contributed by atoms with E-state index < -0.39 is 0 Å². The molecule has 1 aliphatic rings. The summed E-state index contributed by atoms with van der Waals surface area (Å²) in [4.78, 5) is 24.8. The molecule has 20 heavy (non-hydrogen) atoms. The average Bonchev–Trinajstić information content (AvgIpc) is 2.61. The molecule has 0 unspecified atom stereocenters. The van der Waals surface area contributed by atoms with Crippen LogP contribution < -0.4 is 10.2 Å². The van der Waals surface area contributed by atoms with Gasteiger partial charge in [0.25, 0.3) is 0 Å². The number of anilines is 2. The molecule has 0 radical (unpaired) electrons. The van der Waals surface area contributed by atoms with Crippen molar-refractivity contribution in [2.75, 3.05) is 43.4 Å². The van der Waals surface area contributed by atoms with Crippen molar-refractivity contribution in [1.82, 2.24) is 14.9 Å². The number of rotatable bonds is 4. The molecular formula is C14H23N5O. The van der Waals surface area contributed by atoms with Gasteiger partial charge in [-0.05, 0) is 13.3 Å². The highest BCUT2D eigenvalue weighted by atomic mass is 16.2. The Morgan fingerprint density at radius 1 is 1.30 bits per heavy atom. The number of aromatic nitrogens is 2. The van der Waals surface area contributed by atoms with Gasteiger partial charge in [-0.2, -0.15) is 0 Å². The van der Waals surface area contributed by atoms with E-state index in [2.05, 4.69) is 15.3 Å². The van der Waals surface area contributed by atoms with Gasteiger partial charge in [-0.3, -0.25) is 4.79 Å². The Labute approximate surface area is 120 Å². The van der Waals surface area contributed by atoms with E-state index in [4.69, 9.17) is 0 Å². The van der Waals surface area contributed by atoms with Crippen molar-refractivity contribution >= 4 is 17.5 Å². The number of aryl methyl sites for hydroxylation is 1.